The number of ether oxygens (including phenoxy) is 2. The minimum absolute atomic E-state index is 0.210. The van der Waals surface area contributed by atoms with E-state index in [0.29, 0.717) is 36.0 Å². The second kappa shape index (κ2) is 12.4. The standard InChI is InChI=1S/C25H29ClN4O5/c1-34-14-21(20-10-19(26)7-8-22(20)35-2)30-23-17(11-27)9-18(13-28-23)24(31)29-12-15-3-5-16(6-4-15)25(32)33/h7-10,13,15-16,21H,3-6,12,14H2,1-2H3,(H,28,30)(H,29,31)(H,32,33)/t15-,16-,21?. The van der Waals surface area contributed by atoms with Crippen LogP contribution < -0.4 is 15.4 Å². The van der Waals surface area contributed by atoms with Crippen LogP contribution in [0.15, 0.2) is 30.5 Å². The number of anilines is 1. The maximum Gasteiger partial charge on any atom is 0.306 e. The van der Waals surface area contributed by atoms with Crippen molar-refractivity contribution in [3.05, 3.63) is 52.2 Å². The molecular weight excluding hydrogens is 472 g/mol. The van der Waals surface area contributed by atoms with Crippen molar-refractivity contribution in [2.75, 3.05) is 32.7 Å². The molecule has 1 fully saturated rings. The fourth-order valence-electron chi connectivity index (χ4n) is 4.26. The lowest BCUT2D eigenvalue weighted by Gasteiger charge is -2.26. The van der Waals surface area contributed by atoms with Crippen LogP contribution in [0, 0.1) is 23.2 Å². The van der Waals surface area contributed by atoms with Gasteiger partial charge < -0.3 is 25.2 Å². The van der Waals surface area contributed by atoms with Gasteiger partial charge in [0.1, 0.15) is 17.6 Å². The van der Waals surface area contributed by atoms with E-state index in [1.165, 1.54) is 12.3 Å². The third-order valence-corrected chi connectivity index (χ3v) is 6.46. The van der Waals surface area contributed by atoms with Crippen LogP contribution in [0.25, 0.3) is 0 Å². The lowest BCUT2D eigenvalue weighted by Crippen LogP contribution is -2.32. The summed E-state index contributed by atoms with van der Waals surface area (Å²) in [6.45, 7) is 0.715. The third-order valence-electron chi connectivity index (χ3n) is 6.23. The summed E-state index contributed by atoms with van der Waals surface area (Å²) in [6, 6.07) is 8.41. The molecule has 3 rings (SSSR count). The number of hydrogen-bond acceptors (Lipinski definition) is 7. The normalized spacial score (nSPS) is 18.2. The van der Waals surface area contributed by atoms with Gasteiger partial charge in [0.25, 0.3) is 5.91 Å². The molecule has 1 amide bonds. The van der Waals surface area contributed by atoms with Crippen LogP contribution in [-0.4, -0.2) is 49.3 Å². The number of nitrogens with one attached hydrogen (secondary N) is 2. The van der Waals surface area contributed by atoms with Crippen molar-refractivity contribution in [3.63, 3.8) is 0 Å². The van der Waals surface area contributed by atoms with E-state index in [9.17, 15) is 14.9 Å². The van der Waals surface area contributed by atoms with Gasteiger partial charge in [0.2, 0.25) is 0 Å². The maximum atomic E-state index is 12.7. The number of nitrogens with zero attached hydrogens (tertiary/aromatic N) is 2. The molecule has 3 N–H and O–H groups in total. The van der Waals surface area contributed by atoms with Gasteiger partial charge in [0.15, 0.2) is 0 Å². The van der Waals surface area contributed by atoms with E-state index in [0.717, 1.165) is 18.4 Å². The highest BCUT2D eigenvalue weighted by Crippen LogP contribution is 2.32. The number of benzene rings is 1. The predicted octanol–water partition coefficient (Wildman–Crippen LogP) is 4.04. The Morgan fingerprint density at radius 3 is 2.63 bits per heavy atom. The molecule has 1 unspecified atom stereocenters. The summed E-state index contributed by atoms with van der Waals surface area (Å²) < 4.78 is 10.8. The molecule has 0 aliphatic heterocycles. The van der Waals surface area contributed by atoms with Gasteiger partial charge in [-0.2, -0.15) is 5.26 Å². The van der Waals surface area contributed by atoms with Crippen molar-refractivity contribution in [2.24, 2.45) is 11.8 Å². The van der Waals surface area contributed by atoms with Crippen LogP contribution >= 0.6 is 11.6 Å². The summed E-state index contributed by atoms with van der Waals surface area (Å²) in [5.74, 6) is -0.223. The van der Waals surface area contributed by atoms with Gasteiger partial charge >= 0.3 is 5.97 Å². The summed E-state index contributed by atoms with van der Waals surface area (Å²) >= 11 is 6.18. The zero-order valence-electron chi connectivity index (χ0n) is 19.7. The van der Waals surface area contributed by atoms with E-state index in [4.69, 9.17) is 26.2 Å². The number of halogens is 1. The lowest BCUT2D eigenvalue weighted by molar-refractivity contribution is -0.143. The first kappa shape index (κ1) is 26.3. The summed E-state index contributed by atoms with van der Waals surface area (Å²) in [5, 5.41) is 25.4. The first-order valence-corrected chi connectivity index (χ1v) is 11.7. The fraction of sp³-hybridized carbons (Fsp3) is 0.440. The molecule has 0 bridgehead atoms. The summed E-state index contributed by atoms with van der Waals surface area (Å²) in [5.41, 5.74) is 1.23. The number of aromatic nitrogens is 1. The molecule has 0 spiro atoms. The highest BCUT2D eigenvalue weighted by Gasteiger charge is 2.26. The predicted molar refractivity (Wildman–Crippen MR) is 131 cm³/mol. The van der Waals surface area contributed by atoms with Crippen molar-refractivity contribution in [1.29, 1.82) is 5.26 Å². The van der Waals surface area contributed by atoms with Crippen molar-refractivity contribution < 1.29 is 24.2 Å². The molecule has 9 nitrogen and oxygen atoms in total. The Hall–Kier alpha value is -3.35. The number of aliphatic carboxylic acids is 1. The van der Waals surface area contributed by atoms with Crippen molar-refractivity contribution >= 4 is 29.3 Å². The Kier molecular flexibility index (Phi) is 9.29. The van der Waals surface area contributed by atoms with Gasteiger partial charge in [-0.3, -0.25) is 9.59 Å². The zero-order valence-corrected chi connectivity index (χ0v) is 20.5. The maximum absolute atomic E-state index is 12.7. The van der Waals surface area contributed by atoms with Crippen molar-refractivity contribution in [2.45, 2.75) is 31.7 Å². The smallest absolute Gasteiger partial charge is 0.306 e. The molecule has 1 aliphatic carbocycles. The Morgan fingerprint density at radius 2 is 2.00 bits per heavy atom. The number of methoxy groups -OCH3 is 2. The van der Waals surface area contributed by atoms with Crippen molar-refractivity contribution in [3.8, 4) is 11.8 Å². The molecule has 1 heterocycles. The number of nitriles is 1. The van der Waals surface area contributed by atoms with Crippen LogP contribution in [0.4, 0.5) is 5.82 Å². The molecule has 1 aromatic carbocycles. The number of pyridine rings is 1. The van der Waals surface area contributed by atoms with E-state index < -0.39 is 12.0 Å². The molecule has 2 aromatic rings. The van der Waals surface area contributed by atoms with Gasteiger partial charge in [-0.25, -0.2) is 4.98 Å². The Labute approximate surface area is 209 Å². The molecule has 0 radical (unpaired) electrons. The second-order valence-electron chi connectivity index (χ2n) is 8.54. The molecule has 10 heteroatoms. The summed E-state index contributed by atoms with van der Waals surface area (Å²) in [7, 11) is 3.12. The van der Waals surface area contributed by atoms with Crippen LogP contribution in [0.1, 0.15) is 53.2 Å². The number of rotatable bonds is 10. The minimum Gasteiger partial charge on any atom is -0.496 e. The summed E-state index contributed by atoms with van der Waals surface area (Å²) in [6.07, 6.45) is 4.18. The van der Waals surface area contributed by atoms with E-state index in [2.05, 4.69) is 21.7 Å². The first-order valence-electron chi connectivity index (χ1n) is 11.4. The monoisotopic (exact) mass is 500 g/mol. The van der Waals surface area contributed by atoms with Crippen molar-refractivity contribution in [1.82, 2.24) is 10.3 Å². The van der Waals surface area contributed by atoms with Gasteiger partial charge in [-0.1, -0.05) is 11.6 Å². The summed E-state index contributed by atoms with van der Waals surface area (Å²) in [4.78, 5) is 28.1. The molecule has 1 saturated carbocycles. The molecule has 186 valence electrons. The highest BCUT2D eigenvalue weighted by atomic mass is 35.5. The number of amides is 1. The van der Waals surface area contributed by atoms with Crippen LogP contribution in [0.5, 0.6) is 5.75 Å². The van der Waals surface area contributed by atoms with E-state index >= 15 is 0 Å². The van der Waals surface area contributed by atoms with Gasteiger partial charge in [-0.05, 0) is 55.9 Å². The Bertz CT molecular complexity index is 1100. The van der Waals surface area contributed by atoms with E-state index in [-0.39, 0.29) is 35.5 Å². The minimum atomic E-state index is -0.752. The molecule has 1 atom stereocenters. The largest absolute Gasteiger partial charge is 0.496 e. The average Bonchev–Trinajstić information content (AvgIpc) is 2.87. The first-order chi connectivity index (χ1) is 16.9. The fourth-order valence-corrected chi connectivity index (χ4v) is 4.44. The van der Waals surface area contributed by atoms with Gasteiger partial charge in [0, 0.05) is 30.4 Å². The topological polar surface area (TPSA) is 134 Å². The van der Waals surface area contributed by atoms with E-state index in [1.54, 1.807) is 32.4 Å². The molecule has 1 aromatic heterocycles. The van der Waals surface area contributed by atoms with Crippen LogP contribution in [0.2, 0.25) is 5.02 Å². The molecule has 1 aliphatic rings. The zero-order chi connectivity index (χ0) is 25.4. The molecule has 0 saturated heterocycles. The van der Waals surface area contributed by atoms with Crippen LogP contribution in [-0.2, 0) is 9.53 Å². The third kappa shape index (κ3) is 6.84. The number of carbonyl (C=O) groups is 2. The Balaban J connectivity index is 1.69. The Morgan fingerprint density at radius 1 is 1.26 bits per heavy atom. The number of hydrogen-bond donors (Lipinski definition) is 3. The average molecular weight is 501 g/mol. The van der Waals surface area contributed by atoms with E-state index in [1.807, 2.05) is 0 Å². The second-order valence-corrected chi connectivity index (χ2v) is 8.97. The van der Waals surface area contributed by atoms with Crippen LogP contribution in [0.3, 0.4) is 0 Å². The number of carboxylic acid groups (broad SMARTS) is 1. The SMILES string of the molecule is COCC(Nc1ncc(C(=O)NC[C@H]2CC[C@H](C(=O)O)CC2)cc1C#N)c1cc(Cl)ccc1OC. The molecule has 35 heavy (non-hydrogen) atoms. The molecular formula is C25H29ClN4O5. The van der Waals surface area contributed by atoms with Gasteiger partial charge in [-0.15, -0.1) is 0 Å². The number of carboxylic acids is 1. The highest BCUT2D eigenvalue weighted by molar-refractivity contribution is 6.30. The van der Waals surface area contributed by atoms with Gasteiger partial charge in [0.05, 0.1) is 36.8 Å². The number of carbonyl (C=O) groups excluding carboxylic acids is 1. The quantitative estimate of drug-likeness (QED) is 0.445. The lowest BCUT2D eigenvalue weighted by atomic mass is 9.82.